The SMILES string of the molecule is Cc1ccc(CC(CCCCCCCN)c2cccc(Cl)c2)cc1C. The minimum absolute atomic E-state index is 0.537. The van der Waals surface area contributed by atoms with E-state index in [2.05, 4.69) is 50.2 Å². The minimum atomic E-state index is 0.537. The van der Waals surface area contributed by atoms with Gasteiger partial charge in [-0.15, -0.1) is 0 Å². The van der Waals surface area contributed by atoms with Gasteiger partial charge in [0.2, 0.25) is 0 Å². The highest BCUT2D eigenvalue weighted by molar-refractivity contribution is 6.30. The third-order valence-electron chi connectivity index (χ3n) is 5.13. The Morgan fingerprint density at radius 3 is 2.36 bits per heavy atom. The first kappa shape index (κ1) is 20.0. The quantitative estimate of drug-likeness (QED) is 0.477. The summed E-state index contributed by atoms with van der Waals surface area (Å²) in [6.45, 7) is 5.19. The van der Waals surface area contributed by atoms with Crippen molar-refractivity contribution in [1.82, 2.24) is 0 Å². The Bertz CT molecular complexity index is 650. The highest BCUT2D eigenvalue weighted by atomic mass is 35.5. The van der Waals surface area contributed by atoms with Crippen LogP contribution in [0.2, 0.25) is 5.02 Å². The maximum absolute atomic E-state index is 6.24. The fraction of sp³-hybridized carbons (Fsp3) is 0.478. The summed E-state index contributed by atoms with van der Waals surface area (Å²) in [7, 11) is 0. The van der Waals surface area contributed by atoms with E-state index in [4.69, 9.17) is 17.3 Å². The van der Waals surface area contributed by atoms with Gasteiger partial charge in [-0.2, -0.15) is 0 Å². The van der Waals surface area contributed by atoms with E-state index in [1.165, 1.54) is 54.4 Å². The highest BCUT2D eigenvalue weighted by Gasteiger charge is 2.13. The van der Waals surface area contributed by atoms with Crippen molar-refractivity contribution in [3.8, 4) is 0 Å². The van der Waals surface area contributed by atoms with Crippen LogP contribution in [0.25, 0.3) is 0 Å². The first-order chi connectivity index (χ1) is 12.1. The van der Waals surface area contributed by atoms with Crippen LogP contribution in [-0.2, 0) is 6.42 Å². The molecule has 25 heavy (non-hydrogen) atoms. The molecule has 0 radical (unpaired) electrons. The van der Waals surface area contributed by atoms with E-state index in [1.807, 2.05) is 6.07 Å². The lowest BCUT2D eigenvalue weighted by atomic mass is 9.87. The number of hydrogen-bond donors (Lipinski definition) is 1. The van der Waals surface area contributed by atoms with Crippen LogP contribution in [0.15, 0.2) is 42.5 Å². The van der Waals surface area contributed by atoms with E-state index in [1.54, 1.807) is 0 Å². The molecule has 2 N–H and O–H groups in total. The molecule has 0 amide bonds. The fourth-order valence-electron chi connectivity index (χ4n) is 3.43. The lowest BCUT2D eigenvalue weighted by molar-refractivity contribution is 0.539. The van der Waals surface area contributed by atoms with Gasteiger partial charge in [-0.05, 0) is 80.0 Å². The van der Waals surface area contributed by atoms with Gasteiger partial charge in [0.1, 0.15) is 0 Å². The largest absolute Gasteiger partial charge is 0.330 e. The number of aryl methyl sites for hydroxylation is 2. The Labute approximate surface area is 158 Å². The normalized spacial score (nSPS) is 12.3. The average molecular weight is 358 g/mol. The molecule has 0 aliphatic heterocycles. The third-order valence-corrected chi connectivity index (χ3v) is 5.37. The summed E-state index contributed by atoms with van der Waals surface area (Å²) in [5.41, 5.74) is 11.1. The van der Waals surface area contributed by atoms with Crippen molar-refractivity contribution in [2.45, 2.75) is 64.7 Å². The minimum Gasteiger partial charge on any atom is -0.330 e. The summed E-state index contributed by atoms with van der Waals surface area (Å²) in [4.78, 5) is 0. The predicted octanol–water partition coefficient (Wildman–Crippen LogP) is 6.58. The second kappa shape index (κ2) is 10.6. The molecule has 136 valence electrons. The van der Waals surface area contributed by atoms with Gasteiger partial charge < -0.3 is 5.73 Å². The predicted molar refractivity (Wildman–Crippen MR) is 111 cm³/mol. The van der Waals surface area contributed by atoms with Crippen LogP contribution in [0.4, 0.5) is 0 Å². The van der Waals surface area contributed by atoms with Crippen LogP contribution in [-0.4, -0.2) is 6.54 Å². The standard InChI is InChI=1S/C23H32ClN/c1-18-12-13-20(15-19(18)2)16-21(9-6-4-3-5-7-14-25)22-10-8-11-23(24)17-22/h8,10-13,15,17,21H,3-7,9,14,16,25H2,1-2H3. The van der Waals surface area contributed by atoms with E-state index < -0.39 is 0 Å². The highest BCUT2D eigenvalue weighted by Crippen LogP contribution is 2.29. The molecule has 0 aliphatic rings. The molecule has 0 aliphatic carbocycles. The van der Waals surface area contributed by atoms with E-state index in [9.17, 15) is 0 Å². The monoisotopic (exact) mass is 357 g/mol. The molecule has 1 atom stereocenters. The van der Waals surface area contributed by atoms with Crippen LogP contribution in [0, 0.1) is 13.8 Å². The van der Waals surface area contributed by atoms with Crippen LogP contribution in [0.5, 0.6) is 0 Å². The molecule has 0 saturated heterocycles. The van der Waals surface area contributed by atoms with Gasteiger partial charge >= 0.3 is 0 Å². The number of unbranched alkanes of at least 4 members (excludes halogenated alkanes) is 4. The van der Waals surface area contributed by atoms with Gasteiger partial charge in [-0.1, -0.05) is 67.6 Å². The number of hydrogen-bond acceptors (Lipinski definition) is 1. The lowest BCUT2D eigenvalue weighted by Gasteiger charge is -2.19. The maximum atomic E-state index is 6.24. The number of nitrogens with two attached hydrogens (primary N) is 1. The first-order valence-electron chi connectivity index (χ1n) is 9.62. The van der Waals surface area contributed by atoms with Crippen molar-refractivity contribution in [2.24, 2.45) is 5.73 Å². The van der Waals surface area contributed by atoms with Crippen molar-refractivity contribution in [3.63, 3.8) is 0 Å². The van der Waals surface area contributed by atoms with Gasteiger partial charge in [0.05, 0.1) is 0 Å². The van der Waals surface area contributed by atoms with Crippen molar-refractivity contribution >= 4 is 11.6 Å². The van der Waals surface area contributed by atoms with Crippen LogP contribution in [0.3, 0.4) is 0 Å². The summed E-state index contributed by atoms with van der Waals surface area (Å²) in [5, 5.41) is 0.838. The van der Waals surface area contributed by atoms with Gasteiger partial charge in [-0.25, -0.2) is 0 Å². The zero-order chi connectivity index (χ0) is 18.1. The van der Waals surface area contributed by atoms with Crippen molar-refractivity contribution in [2.75, 3.05) is 6.54 Å². The second-order valence-electron chi connectivity index (χ2n) is 7.22. The number of rotatable bonds is 10. The molecule has 1 nitrogen and oxygen atoms in total. The van der Waals surface area contributed by atoms with Crippen molar-refractivity contribution in [3.05, 3.63) is 69.7 Å². The molecule has 0 saturated carbocycles. The molecule has 2 aromatic rings. The molecule has 0 heterocycles. The molecular formula is C23H32ClN. The summed E-state index contributed by atoms with van der Waals surface area (Å²) < 4.78 is 0. The lowest BCUT2D eigenvalue weighted by Crippen LogP contribution is -2.04. The third kappa shape index (κ3) is 6.84. The molecule has 2 heteroatoms. The molecule has 2 aromatic carbocycles. The van der Waals surface area contributed by atoms with E-state index >= 15 is 0 Å². The fourth-order valence-corrected chi connectivity index (χ4v) is 3.63. The zero-order valence-electron chi connectivity index (χ0n) is 15.7. The second-order valence-corrected chi connectivity index (χ2v) is 7.66. The molecule has 2 rings (SSSR count). The topological polar surface area (TPSA) is 26.0 Å². The van der Waals surface area contributed by atoms with Crippen LogP contribution < -0.4 is 5.73 Å². The van der Waals surface area contributed by atoms with Crippen molar-refractivity contribution in [1.29, 1.82) is 0 Å². The van der Waals surface area contributed by atoms with E-state index in [0.29, 0.717) is 5.92 Å². The summed E-state index contributed by atoms with van der Waals surface area (Å²) in [6.07, 6.45) is 8.58. The zero-order valence-corrected chi connectivity index (χ0v) is 16.5. The molecule has 0 spiro atoms. The first-order valence-corrected chi connectivity index (χ1v) is 9.99. The summed E-state index contributed by atoms with van der Waals surface area (Å²) >= 11 is 6.24. The number of benzene rings is 2. The Morgan fingerprint density at radius 2 is 1.64 bits per heavy atom. The van der Waals surface area contributed by atoms with Gasteiger partial charge in [0.25, 0.3) is 0 Å². The van der Waals surface area contributed by atoms with Crippen LogP contribution in [0.1, 0.15) is 66.7 Å². The Morgan fingerprint density at radius 1 is 0.880 bits per heavy atom. The molecule has 0 fully saturated rings. The molecule has 0 aromatic heterocycles. The van der Waals surface area contributed by atoms with Gasteiger partial charge in [0.15, 0.2) is 0 Å². The Hall–Kier alpha value is -1.31. The Balaban J connectivity index is 2.02. The van der Waals surface area contributed by atoms with Gasteiger partial charge in [0, 0.05) is 5.02 Å². The van der Waals surface area contributed by atoms with E-state index in [-0.39, 0.29) is 0 Å². The summed E-state index contributed by atoms with van der Waals surface area (Å²) in [6, 6.07) is 15.3. The molecule has 0 bridgehead atoms. The molecular weight excluding hydrogens is 326 g/mol. The van der Waals surface area contributed by atoms with Crippen LogP contribution >= 0.6 is 11.6 Å². The average Bonchev–Trinajstić information content (AvgIpc) is 2.60. The van der Waals surface area contributed by atoms with Gasteiger partial charge in [-0.3, -0.25) is 0 Å². The molecule has 1 unspecified atom stereocenters. The summed E-state index contributed by atoms with van der Waals surface area (Å²) in [5.74, 6) is 0.537. The maximum Gasteiger partial charge on any atom is 0.0408 e. The Kier molecular flexibility index (Phi) is 8.51. The smallest absolute Gasteiger partial charge is 0.0408 e. The van der Waals surface area contributed by atoms with E-state index in [0.717, 1.165) is 24.4 Å². The number of halogens is 1. The van der Waals surface area contributed by atoms with Crippen molar-refractivity contribution < 1.29 is 0 Å².